The molecule has 6 aromatic rings. The van der Waals surface area contributed by atoms with Gasteiger partial charge in [0.2, 0.25) is 17.6 Å². The summed E-state index contributed by atoms with van der Waals surface area (Å²) in [5.41, 5.74) is 3.64. The molecule has 1 aliphatic heterocycles. The van der Waals surface area contributed by atoms with Crippen molar-refractivity contribution in [1.82, 2.24) is 35.2 Å². The Hall–Kier alpha value is -4.59. The summed E-state index contributed by atoms with van der Waals surface area (Å²) >= 11 is 2.78. The van der Waals surface area contributed by atoms with E-state index in [-0.39, 0.29) is 17.6 Å². The molecule has 44 heavy (non-hydrogen) atoms. The predicted molar refractivity (Wildman–Crippen MR) is 168 cm³/mol. The van der Waals surface area contributed by atoms with Gasteiger partial charge in [0.15, 0.2) is 11.6 Å². The molecule has 6 aromatic heterocycles. The molecule has 0 saturated carbocycles. The second-order valence-corrected chi connectivity index (χ2v) is 12.5. The molecule has 11 nitrogen and oxygen atoms in total. The zero-order valence-electron chi connectivity index (χ0n) is 23.9. The lowest BCUT2D eigenvalue weighted by Gasteiger charge is -2.22. The Labute approximate surface area is 260 Å². The highest BCUT2D eigenvalue weighted by Gasteiger charge is 2.24. The molecule has 0 aromatic carbocycles. The van der Waals surface area contributed by atoms with Gasteiger partial charge in [-0.3, -0.25) is 4.98 Å². The van der Waals surface area contributed by atoms with E-state index in [2.05, 4.69) is 30.6 Å². The summed E-state index contributed by atoms with van der Waals surface area (Å²) in [5.74, 6) is 1.07. The van der Waals surface area contributed by atoms with Gasteiger partial charge >= 0.3 is 5.97 Å². The van der Waals surface area contributed by atoms with Crippen molar-refractivity contribution in [2.24, 2.45) is 5.92 Å². The van der Waals surface area contributed by atoms with Crippen LogP contribution in [0.3, 0.4) is 0 Å². The average Bonchev–Trinajstić information content (AvgIpc) is 3.62. The van der Waals surface area contributed by atoms with E-state index in [1.54, 1.807) is 42.7 Å². The van der Waals surface area contributed by atoms with E-state index < -0.39 is 5.97 Å². The molecule has 1 aliphatic rings. The standard InChI is InChI=1S/C31H27N7O4S2/c1-16-22(31(40)41-2)24-25(44-16)29(39)37-28(36-24)20-7-5-8-21(34-20)42-30-26-23(35-27(38-30)19-6-3-4-11-33-19)18(15-43-26)14-17-9-12-32-13-10-17/h3-8,11,15,17,32H,9-10,12-14H2,1-2H3,(H,36,37,39). The number of esters is 1. The van der Waals surface area contributed by atoms with Crippen LogP contribution in [0.4, 0.5) is 0 Å². The number of methoxy groups -OCH3 is 1. The molecule has 13 heteroatoms. The van der Waals surface area contributed by atoms with Crippen molar-refractivity contribution in [3.05, 3.63) is 64.0 Å². The molecule has 222 valence electrons. The Balaban J connectivity index is 1.28. The summed E-state index contributed by atoms with van der Waals surface area (Å²) in [4.78, 5) is 40.8. The number of piperidine rings is 1. The van der Waals surface area contributed by atoms with Crippen molar-refractivity contribution in [3.8, 4) is 40.7 Å². The maximum atomic E-state index is 12.5. The maximum absolute atomic E-state index is 12.5. The van der Waals surface area contributed by atoms with Gasteiger partial charge in [-0.2, -0.15) is 9.97 Å². The van der Waals surface area contributed by atoms with E-state index in [4.69, 9.17) is 19.4 Å². The van der Waals surface area contributed by atoms with Crippen LogP contribution < -0.4 is 10.1 Å². The number of pyridine rings is 2. The lowest BCUT2D eigenvalue weighted by molar-refractivity contribution is 0.0602. The first-order valence-electron chi connectivity index (χ1n) is 14.1. The monoisotopic (exact) mass is 625 g/mol. The number of carbonyl (C=O) groups is 1. The van der Waals surface area contributed by atoms with E-state index in [1.807, 2.05) is 18.2 Å². The number of hydrogen-bond donors (Lipinski definition) is 2. The maximum Gasteiger partial charge on any atom is 0.341 e. The Bertz CT molecular complexity index is 2010. The Morgan fingerprint density at radius 1 is 0.977 bits per heavy atom. The van der Waals surface area contributed by atoms with Crippen molar-refractivity contribution in [3.63, 3.8) is 0 Å². The Morgan fingerprint density at radius 3 is 2.57 bits per heavy atom. The molecule has 0 aliphatic carbocycles. The molecule has 0 spiro atoms. The summed E-state index contributed by atoms with van der Waals surface area (Å²) < 4.78 is 12.5. The quantitative estimate of drug-likeness (QED) is 0.203. The molecule has 2 N–H and O–H groups in total. The van der Waals surface area contributed by atoms with Crippen molar-refractivity contribution in [2.45, 2.75) is 26.2 Å². The number of thiophene rings is 2. The molecule has 0 unspecified atom stereocenters. The van der Waals surface area contributed by atoms with Gasteiger partial charge in [0.25, 0.3) is 0 Å². The molecule has 0 radical (unpaired) electrons. The van der Waals surface area contributed by atoms with Gasteiger partial charge in [-0.15, -0.1) is 22.7 Å². The minimum atomic E-state index is -0.533. The van der Waals surface area contributed by atoms with Crippen molar-refractivity contribution >= 4 is 49.1 Å². The first-order valence-corrected chi connectivity index (χ1v) is 15.8. The van der Waals surface area contributed by atoms with Crippen molar-refractivity contribution in [2.75, 3.05) is 20.2 Å². The Kier molecular flexibility index (Phi) is 7.58. The van der Waals surface area contributed by atoms with E-state index in [1.165, 1.54) is 24.0 Å². The topological polar surface area (TPSA) is 145 Å². The molecular weight excluding hydrogens is 599 g/mol. The smallest absolute Gasteiger partial charge is 0.341 e. The molecule has 0 bridgehead atoms. The summed E-state index contributed by atoms with van der Waals surface area (Å²) in [5, 5.41) is 16.3. The third kappa shape index (κ3) is 5.34. The number of hydrogen-bond acceptors (Lipinski definition) is 13. The van der Waals surface area contributed by atoms with Gasteiger partial charge in [0, 0.05) is 17.1 Å². The number of ether oxygens (including phenoxy) is 2. The number of rotatable bonds is 7. The lowest BCUT2D eigenvalue weighted by Crippen LogP contribution is -2.28. The number of carbonyl (C=O) groups excluding carboxylic acids is 1. The van der Waals surface area contributed by atoms with E-state index in [0.29, 0.717) is 49.7 Å². The summed E-state index contributed by atoms with van der Waals surface area (Å²) in [7, 11) is 1.31. The minimum Gasteiger partial charge on any atom is -0.492 e. The second-order valence-electron chi connectivity index (χ2n) is 10.4. The number of nitrogens with one attached hydrogen (secondary N) is 1. The summed E-state index contributed by atoms with van der Waals surface area (Å²) in [6, 6.07) is 10.8. The molecular formula is C31H27N7O4S2. The van der Waals surface area contributed by atoms with Crippen LogP contribution in [0.1, 0.15) is 33.6 Å². The fourth-order valence-corrected chi connectivity index (χ4v) is 7.30. The number of aromatic nitrogens is 6. The molecule has 1 fully saturated rings. The third-order valence-electron chi connectivity index (χ3n) is 7.55. The average molecular weight is 626 g/mol. The highest BCUT2D eigenvalue weighted by molar-refractivity contribution is 7.19. The largest absolute Gasteiger partial charge is 0.492 e. The second kappa shape index (κ2) is 11.8. The number of fused-ring (bicyclic) bond motifs is 2. The first-order chi connectivity index (χ1) is 21.5. The van der Waals surface area contributed by atoms with Crippen molar-refractivity contribution < 1.29 is 19.4 Å². The fourth-order valence-electron chi connectivity index (χ4n) is 5.39. The van der Waals surface area contributed by atoms with Crippen LogP contribution in [-0.2, 0) is 11.2 Å². The number of nitrogens with zero attached hydrogens (tertiary/aromatic N) is 6. The molecule has 7 rings (SSSR count). The van der Waals surface area contributed by atoms with Crippen LogP contribution in [-0.4, -0.2) is 61.2 Å². The van der Waals surface area contributed by atoms with Gasteiger partial charge in [0.1, 0.15) is 26.3 Å². The van der Waals surface area contributed by atoms with Crippen LogP contribution in [0.5, 0.6) is 17.6 Å². The lowest BCUT2D eigenvalue weighted by atomic mass is 9.92. The molecule has 0 amide bonds. The van der Waals surface area contributed by atoms with Gasteiger partial charge in [0.05, 0.1) is 18.2 Å². The number of aryl methyl sites for hydroxylation is 1. The van der Waals surface area contributed by atoms with Crippen LogP contribution >= 0.6 is 22.7 Å². The van der Waals surface area contributed by atoms with Gasteiger partial charge in [-0.1, -0.05) is 12.1 Å². The van der Waals surface area contributed by atoms with E-state index in [0.717, 1.165) is 42.6 Å². The van der Waals surface area contributed by atoms with Gasteiger partial charge in [-0.05, 0) is 74.3 Å². The van der Waals surface area contributed by atoms with E-state index in [9.17, 15) is 9.90 Å². The SMILES string of the molecule is COC(=O)c1c(C)sc2c(O)nc(-c3cccc(Oc4nc(-c5ccccn5)nc5c(CC6CCNCC6)csc45)n3)nc12. The normalized spacial score (nSPS) is 13.9. The zero-order chi connectivity index (χ0) is 30.2. The summed E-state index contributed by atoms with van der Waals surface area (Å²) in [6.45, 7) is 3.83. The fraction of sp³-hybridized carbons (Fsp3) is 0.258. The van der Waals surface area contributed by atoms with Crippen LogP contribution in [0, 0.1) is 12.8 Å². The zero-order valence-corrected chi connectivity index (χ0v) is 25.5. The highest BCUT2D eigenvalue weighted by Crippen LogP contribution is 2.38. The minimum absolute atomic E-state index is 0.144. The predicted octanol–water partition coefficient (Wildman–Crippen LogP) is 5.96. The number of aromatic hydroxyl groups is 1. The summed E-state index contributed by atoms with van der Waals surface area (Å²) in [6.07, 6.45) is 4.91. The van der Waals surface area contributed by atoms with E-state index >= 15 is 0 Å². The first kappa shape index (κ1) is 28.2. The molecule has 0 atom stereocenters. The van der Waals surface area contributed by atoms with Crippen LogP contribution in [0.2, 0.25) is 0 Å². The van der Waals surface area contributed by atoms with Crippen LogP contribution in [0.25, 0.3) is 43.5 Å². The molecule has 1 saturated heterocycles. The van der Waals surface area contributed by atoms with Crippen molar-refractivity contribution in [1.29, 1.82) is 0 Å². The highest BCUT2D eigenvalue weighted by atomic mass is 32.1. The van der Waals surface area contributed by atoms with Gasteiger partial charge in [-0.25, -0.2) is 19.7 Å². The third-order valence-corrected chi connectivity index (χ3v) is 9.65. The molecule has 7 heterocycles. The van der Waals surface area contributed by atoms with Crippen LogP contribution in [0.15, 0.2) is 48.0 Å². The Morgan fingerprint density at radius 2 is 1.77 bits per heavy atom. The van der Waals surface area contributed by atoms with Gasteiger partial charge < -0.3 is 19.9 Å².